The van der Waals surface area contributed by atoms with E-state index in [0.29, 0.717) is 24.6 Å². The summed E-state index contributed by atoms with van der Waals surface area (Å²) in [7, 11) is 0. The lowest BCUT2D eigenvalue weighted by Crippen LogP contribution is -2.29. The number of unbranched alkanes of at least 4 members (excludes halogenated alkanes) is 1. The number of nitrogens with zero attached hydrogens (tertiary/aromatic N) is 1. The number of aromatic carboxylic acids is 1. The third-order valence-corrected chi connectivity index (χ3v) is 3.22. The molecular formula is C12H18N2O4S. The highest BCUT2D eigenvalue weighted by atomic mass is 32.1. The van der Waals surface area contributed by atoms with Gasteiger partial charge in [-0.15, -0.1) is 11.3 Å². The SMILES string of the molecule is CCCCOCC(=O)NCCc1nc(C(=O)O)cs1. The number of carboxylic acid groups (broad SMARTS) is 1. The molecule has 2 N–H and O–H groups in total. The third kappa shape index (κ3) is 6.30. The second-order valence-electron chi connectivity index (χ2n) is 3.94. The Bertz CT molecular complexity index is 420. The predicted octanol–water partition coefficient (Wildman–Crippen LogP) is 1.32. The Morgan fingerprint density at radius 3 is 2.95 bits per heavy atom. The largest absolute Gasteiger partial charge is 0.476 e. The Kier molecular flexibility index (Phi) is 7.06. The second kappa shape index (κ2) is 8.60. The fourth-order valence-electron chi connectivity index (χ4n) is 1.30. The molecule has 0 aliphatic carbocycles. The minimum absolute atomic E-state index is 0.0502. The summed E-state index contributed by atoms with van der Waals surface area (Å²) in [4.78, 5) is 25.9. The summed E-state index contributed by atoms with van der Waals surface area (Å²) in [5.41, 5.74) is 0.0502. The van der Waals surface area contributed by atoms with Crippen molar-refractivity contribution in [2.24, 2.45) is 0 Å². The molecule has 0 aromatic carbocycles. The number of carbonyl (C=O) groups excluding carboxylic acids is 1. The van der Waals surface area contributed by atoms with Crippen LogP contribution in [0.15, 0.2) is 5.38 Å². The van der Waals surface area contributed by atoms with E-state index in [1.165, 1.54) is 16.7 Å². The van der Waals surface area contributed by atoms with Gasteiger partial charge in [0.25, 0.3) is 0 Å². The average molecular weight is 286 g/mol. The van der Waals surface area contributed by atoms with E-state index in [9.17, 15) is 9.59 Å². The van der Waals surface area contributed by atoms with Crippen molar-refractivity contribution in [1.29, 1.82) is 0 Å². The number of aromatic nitrogens is 1. The van der Waals surface area contributed by atoms with Crippen molar-refractivity contribution < 1.29 is 19.4 Å². The quantitative estimate of drug-likeness (QED) is 0.668. The standard InChI is InChI=1S/C12H18N2O4S/c1-2-3-6-18-7-10(15)13-5-4-11-14-9(8-19-11)12(16)17/h8H,2-7H2,1H3,(H,13,15)(H,16,17). The maximum atomic E-state index is 11.4. The van der Waals surface area contributed by atoms with Crippen molar-refractivity contribution in [3.8, 4) is 0 Å². The van der Waals surface area contributed by atoms with E-state index >= 15 is 0 Å². The molecule has 0 bridgehead atoms. The highest BCUT2D eigenvalue weighted by molar-refractivity contribution is 7.09. The van der Waals surface area contributed by atoms with Gasteiger partial charge in [0.2, 0.25) is 5.91 Å². The van der Waals surface area contributed by atoms with Crippen LogP contribution in [0, 0.1) is 0 Å². The van der Waals surface area contributed by atoms with Crippen LogP contribution in [0.1, 0.15) is 35.3 Å². The lowest BCUT2D eigenvalue weighted by molar-refractivity contribution is -0.125. The van der Waals surface area contributed by atoms with Crippen LogP contribution in [-0.2, 0) is 16.0 Å². The van der Waals surface area contributed by atoms with Crippen LogP contribution < -0.4 is 5.32 Å². The zero-order chi connectivity index (χ0) is 14.1. The Labute approximate surface area is 115 Å². The molecule has 6 nitrogen and oxygen atoms in total. The molecule has 0 spiro atoms. The Hall–Kier alpha value is -1.47. The molecule has 1 aromatic heterocycles. The summed E-state index contributed by atoms with van der Waals surface area (Å²) in [6.07, 6.45) is 2.51. The van der Waals surface area contributed by atoms with Gasteiger partial charge in [0.05, 0.1) is 5.01 Å². The van der Waals surface area contributed by atoms with Crippen LogP contribution >= 0.6 is 11.3 Å². The maximum absolute atomic E-state index is 11.4. The molecule has 1 amide bonds. The molecule has 0 atom stereocenters. The van der Waals surface area contributed by atoms with Crippen LogP contribution in [-0.4, -0.2) is 41.7 Å². The highest BCUT2D eigenvalue weighted by Crippen LogP contribution is 2.09. The van der Waals surface area contributed by atoms with Crippen molar-refractivity contribution in [1.82, 2.24) is 10.3 Å². The van der Waals surface area contributed by atoms with E-state index in [2.05, 4.69) is 17.2 Å². The fourth-order valence-corrected chi connectivity index (χ4v) is 2.07. The van der Waals surface area contributed by atoms with Crippen molar-refractivity contribution in [3.63, 3.8) is 0 Å². The first-order valence-electron chi connectivity index (χ1n) is 6.15. The zero-order valence-electron chi connectivity index (χ0n) is 10.8. The molecule has 0 radical (unpaired) electrons. The lowest BCUT2D eigenvalue weighted by Gasteiger charge is -2.04. The Morgan fingerprint density at radius 1 is 1.53 bits per heavy atom. The molecule has 0 fully saturated rings. The van der Waals surface area contributed by atoms with E-state index in [1.54, 1.807) is 0 Å². The summed E-state index contributed by atoms with van der Waals surface area (Å²) in [6, 6.07) is 0. The molecule has 0 saturated heterocycles. The molecule has 1 aromatic rings. The summed E-state index contributed by atoms with van der Waals surface area (Å²) >= 11 is 1.28. The molecule has 7 heteroatoms. The van der Waals surface area contributed by atoms with Gasteiger partial charge in [-0.05, 0) is 6.42 Å². The molecule has 0 aliphatic rings. The number of hydrogen-bond donors (Lipinski definition) is 2. The minimum Gasteiger partial charge on any atom is -0.476 e. The van der Waals surface area contributed by atoms with Crippen LogP contribution in [0.5, 0.6) is 0 Å². The van der Waals surface area contributed by atoms with Crippen LogP contribution in [0.3, 0.4) is 0 Å². The first-order chi connectivity index (χ1) is 9.13. The van der Waals surface area contributed by atoms with Crippen molar-refractivity contribution in [2.75, 3.05) is 19.8 Å². The predicted molar refractivity (Wildman–Crippen MR) is 71.5 cm³/mol. The number of thiazole rings is 1. The van der Waals surface area contributed by atoms with Crippen LogP contribution in [0.4, 0.5) is 0 Å². The number of carboxylic acids is 1. The monoisotopic (exact) mass is 286 g/mol. The van der Waals surface area contributed by atoms with Gasteiger partial charge in [0.15, 0.2) is 5.69 Å². The smallest absolute Gasteiger partial charge is 0.355 e. The zero-order valence-corrected chi connectivity index (χ0v) is 11.7. The normalized spacial score (nSPS) is 10.4. The summed E-state index contributed by atoms with van der Waals surface area (Å²) < 4.78 is 5.17. The van der Waals surface area contributed by atoms with Crippen LogP contribution in [0.2, 0.25) is 0 Å². The van der Waals surface area contributed by atoms with E-state index in [0.717, 1.165) is 12.8 Å². The van der Waals surface area contributed by atoms with Gasteiger partial charge >= 0.3 is 5.97 Å². The van der Waals surface area contributed by atoms with Gasteiger partial charge in [0, 0.05) is 25.0 Å². The maximum Gasteiger partial charge on any atom is 0.355 e. The average Bonchev–Trinajstić information content (AvgIpc) is 2.84. The van der Waals surface area contributed by atoms with Crippen molar-refractivity contribution in [3.05, 3.63) is 16.1 Å². The Balaban J connectivity index is 2.15. The molecular weight excluding hydrogens is 268 g/mol. The molecule has 1 rings (SSSR count). The van der Waals surface area contributed by atoms with Crippen molar-refractivity contribution >= 4 is 23.2 Å². The van der Waals surface area contributed by atoms with Crippen LogP contribution in [0.25, 0.3) is 0 Å². The number of ether oxygens (including phenoxy) is 1. The van der Waals surface area contributed by atoms with Crippen molar-refractivity contribution in [2.45, 2.75) is 26.2 Å². The first kappa shape index (κ1) is 15.6. The van der Waals surface area contributed by atoms with E-state index in [4.69, 9.17) is 9.84 Å². The highest BCUT2D eigenvalue weighted by Gasteiger charge is 2.08. The number of amides is 1. The minimum atomic E-state index is -1.03. The van der Waals surface area contributed by atoms with Gasteiger partial charge in [-0.25, -0.2) is 9.78 Å². The number of hydrogen-bond acceptors (Lipinski definition) is 5. The van der Waals surface area contributed by atoms with Gasteiger partial charge in [0.1, 0.15) is 6.61 Å². The molecule has 0 unspecified atom stereocenters. The Morgan fingerprint density at radius 2 is 2.32 bits per heavy atom. The molecule has 106 valence electrons. The third-order valence-electron chi connectivity index (χ3n) is 2.31. The van der Waals surface area contributed by atoms with E-state index in [1.807, 2.05) is 0 Å². The topological polar surface area (TPSA) is 88.5 Å². The lowest BCUT2D eigenvalue weighted by atomic mass is 10.4. The van der Waals surface area contributed by atoms with Gasteiger partial charge in [-0.2, -0.15) is 0 Å². The molecule has 1 heterocycles. The summed E-state index contributed by atoms with van der Waals surface area (Å²) in [5, 5.41) is 13.6. The second-order valence-corrected chi connectivity index (χ2v) is 4.88. The number of rotatable bonds is 9. The summed E-state index contributed by atoms with van der Waals surface area (Å²) in [6.45, 7) is 3.15. The van der Waals surface area contributed by atoms with E-state index in [-0.39, 0.29) is 18.2 Å². The fraction of sp³-hybridized carbons (Fsp3) is 0.583. The molecule has 0 aliphatic heterocycles. The summed E-state index contributed by atoms with van der Waals surface area (Å²) in [5.74, 6) is -1.19. The number of nitrogens with one attached hydrogen (secondary N) is 1. The molecule has 19 heavy (non-hydrogen) atoms. The first-order valence-corrected chi connectivity index (χ1v) is 7.03. The van der Waals surface area contributed by atoms with Gasteiger partial charge < -0.3 is 15.2 Å². The molecule has 0 saturated carbocycles. The van der Waals surface area contributed by atoms with E-state index < -0.39 is 5.97 Å². The van der Waals surface area contributed by atoms with Gasteiger partial charge in [-0.1, -0.05) is 13.3 Å². The number of carbonyl (C=O) groups is 2. The van der Waals surface area contributed by atoms with Gasteiger partial charge in [-0.3, -0.25) is 4.79 Å².